The third-order valence-electron chi connectivity index (χ3n) is 4.57. The fourth-order valence-corrected chi connectivity index (χ4v) is 2.94. The first-order valence-corrected chi connectivity index (χ1v) is 8.56. The van der Waals surface area contributed by atoms with Gasteiger partial charge in [-0.15, -0.1) is 0 Å². The van der Waals surface area contributed by atoms with Crippen LogP contribution in [0, 0.1) is 5.92 Å². The van der Waals surface area contributed by atoms with Gasteiger partial charge in [0, 0.05) is 24.3 Å². The van der Waals surface area contributed by atoms with Crippen LogP contribution in [0.1, 0.15) is 39.0 Å². The molecule has 0 radical (unpaired) electrons. The third-order valence-corrected chi connectivity index (χ3v) is 4.57. The minimum Gasteiger partial charge on any atom is -0.493 e. The van der Waals surface area contributed by atoms with E-state index in [-0.39, 0.29) is 12.1 Å². The molecule has 0 bridgehead atoms. The molecule has 3 rings (SSSR count). The van der Waals surface area contributed by atoms with E-state index in [1.165, 1.54) is 19.3 Å². The van der Waals surface area contributed by atoms with Gasteiger partial charge in [-0.1, -0.05) is 12.8 Å². The maximum absolute atomic E-state index is 12.2. The van der Waals surface area contributed by atoms with E-state index in [9.17, 15) is 4.79 Å². The van der Waals surface area contributed by atoms with E-state index in [2.05, 4.69) is 5.32 Å². The number of methoxy groups -OCH3 is 1. The van der Waals surface area contributed by atoms with Crippen molar-refractivity contribution < 1.29 is 14.3 Å². The molecule has 1 N–H and O–H groups in total. The molecule has 1 atom stereocenters. The average molecular weight is 318 g/mol. The van der Waals surface area contributed by atoms with Crippen molar-refractivity contribution in [1.82, 2.24) is 5.32 Å². The Morgan fingerprint density at radius 3 is 2.78 bits per heavy atom. The first-order valence-electron chi connectivity index (χ1n) is 8.56. The van der Waals surface area contributed by atoms with E-state index in [0.29, 0.717) is 18.1 Å². The van der Waals surface area contributed by atoms with Crippen LogP contribution in [0.25, 0.3) is 0 Å². The maximum Gasteiger partial charge on any atom is 0.322 e. The number of rotatable bonds is 7. The fraction of sp³-hybridized carbons (Fsp3) is 0.611. The van der Waals surface area contributed by atoms with Crippen molar-refractivity contribution in [2.45, 2.75) is 45.1 Å². The fourth-order valence-electron chi connectivity index (χ4n) is 2.94. The number of carbonyl (C=O) groups excluding carboxylic acids is 1. The topological polar surface area (TPSA) is 50.8 Å². The van der Waals surface area contributed by atoms with Crippen LogP contribution in [-0.4, -0.2) is 32.3 Å². The van der Waals surface area contributed by atoms with Crippen molar-refractivity contribution >= 4 is 11.7 Å². The number of nitrogens with zero attached hydrogens (tertiary/aromatic N) is 1. The lowest BCUT2D eigenvalue weighted by Gasteiger charge is -2.31. The molecule has 2 aliphatic rings. The second-order valence-electron chi connectivity index (χ2n) is 6.56. The smallest absolute Gasteiger partial charge is 0.322 e. The zero-order chi connectivity index (χ0) is 16.2. The second kappa shape index (κ2) is 7.11. The highest BCUT2D eigenvalue weighted by Gasteiger charge is 2.24. The van der Waals surface area contributed by atoms with E-state index in [1.807, 2.05) is 25.1 Å². The Bertz CT molecular complexity index is 557. The SMILES string of the molecule is COc1ccc(N2CC[C@H](C)NC2=O)cc1OCCCC1CC1. The number of hydrogen-bond acceptors (Lipinski definition) is 3. The van der Waals surface area contributed by atoms with E-state index < -0.39 is 0 Å². The van der Waals surface area contributed by atoms with Crippen molar-refractivity contribution in [3.05, 3.63) is 18.2 Å². The molecule has 1 aromatic carbocycles. The van der Waals surface area contributed by atoms with Gasteiger partial charge in [0.2, 0.25) is 0 Å². The number of amides is 2. The summed E-state index contributed by atoms with van der Waals surface area (Å²) in [5.74, 6) is 2.35. The van der Waals surface area contributed by atoms with Gasteiger partial charge in [-0.3, -0.25) is 4.90 Å². The van der Waals surface area contributed by atoms with Crippen LogP contribution in [0.15, 0.2) is 18.2 Å². The van der Waals surface area contributed by atoms with Gasteiger partial charge in [-0.25, -0.2) is 4.79 Å². The number of benzene rings is 1. The minimum absolute atomic E-state index is 0.0476. The summed E-state index contributed by atoms with van der Waals surface area (Å²) in [4.78, 5) is 13.9. The number of urea groups is 1. The van der Waals surface area contributed by atoms with Crippen LogP contribution >= 0.6 is 0 Å². The van der Waals surface area contributed by atoms with Gasteiger partial charge in [0.1, 0.15) is 0 Å². The summed E-state index contributed by atoms with van der Waals surface area (Å²) in [7, 11) is 1.64. The first kappa shape index (κ1) is 16.0. The molecule has 126 valence electrons. The van der Waals surface area contributed by atoms with Crippen molar-refractivity contribution in [2.75, 3.05) is 25.2 Å². The predicted octanol–water partition coefficient (Wildman–Crippen LogP) is 3.57. The summed E-state index contributed by atoms with van der Waals surface area (Å²) in [5.41, 5.74) is 0.854. The Kier molecular flexibility index (Phi) is 4.94. The molecule has 1 saturated heterocycles. The highest BCUT2D eigenvalue weighted by Crippen LogP contribution is 2.35. The standard InChI is InChI=1S/C18H26N2O3/c1-13-9-10-20(18(21)19-13)15-7-8-16(22-2)17(12-15)23-11-3-4-14-5-6-14/h7-8,12-14H,3-6,9-11H2,1-2H3,(H,19,21)/t13-/m0/s1. The molecule has 2 fully saturated rings. The number of ether oxygens (including phenoxy) is 2. The molecule has 0 unspecified atom stereocenters. The molecule has 5 heteroatoms. The Morgan fingerprint density at radius 2 is 2.09 bits per heavy atom. The van der Waals surface area contributed by atoms with E-state index in [0.717, 1.165) is 31.0 Å². The van der Waals surface area contributed by atoms with Gasteiger partial charge in [0.05, 0.1) is 13.7 Å². The molecule has 1 heterocycles. The van der Waals surface area contributed by atoms with Gasteiger partial charge >= 0.3 is 6.03 Å². The van der Waals surface area contributed by atoms with Gasteiger partial charge in [0.25, 0.3) is 0 Å². The van der Waals surface area contributed by atoms with E-state index >= 15 is 0 Å². The molecule has 1 saturated carbocycles. The first-order chi connectivity index (χ1) is 11.2. The third kappa shape index (κ3) is 4.09. The molecule has 2 amide bonds. The summed E-state index contributed by atoms with van der Waals surface area (Å²) in [6.45, 7) is 3.44. The number of nitrogens with one attached hydrogen (secondary N) is 1. The summed E-state index contributed by atoms with van der Waals surface area (Å²) in [5, 5.41) is 2.96. The summed E-state index contributed by atoms with van der Waals surface area (Å²) < 4.78 is 11.3. The van der Waals surface area contributed by atoms with Crippen LogP contribution in [0.3, 0.4) is 0 Å². The molecule has 1 aliphatic carbocycles. The molecule has 1 aromatic rings. The molecule has 5 nitrogen and oxygen atoms in total. The average Bonchev–Trinajstić information content (AvgIpc) is 3.36. The number of anilines is 1. The van der Waals surface area contributed by atoms with Gasteiger partial charge in [-0.2, -0.15) is 0 Å². The molecule has 1 aliphatic heterocycles. The van der Waals surface area contributed by atoms with Crippen molar-refractivity contribution in [2.24, 2.45) is 5.92 Å². The van der Waals surface area contributed by atoms with Crippen molar-refractivity contribution in [1.29, 1.82) is 0 Å². The predicted molar refractivity (Wildman–Crippen MR) is 90.4 cm³/mol. The van der Waals surface area contributed by atoms with E-state index in [4.69, 9.17) is 9.47 Å². The van der Waals surface area contributed by atoms with Gasteiger partial charge < -0.3 is 14.8 Å². The summed E-state index contributed by atoms with van der Waals surface area (Å²) in [6.07, 6.45) is 6.01. The van der Waals surface area contributed by atoms with Gasteiger partial charge in [-0.05, 0) is 44.2 Å². The monoisotopic (exact) mass is 318 g/mol. The molecular formula is C18H26N2O3. The minimum atomic E-state index is -0.0476. The Labute approximate surface area is 137 Å². The van der Waals surface area contributed by atoms with Crippen LogP contribution in [0.4, 0.5) is 10.5 Å². The lowest BCUT2D eigenvalue weighted by molar-refractivity contribution is 0.237. The maximum atomic E-state index is 12.2. The lowest BCUT2D eigenvalue weighted by Crippen LogP contribution is -2.50. The van der Waals surface area contributed by atoms with Crippen LogP contribution in [0.5, 0.6) is 11.5 Å². The number of hydrogen-bond donors (Lipinski definition) is 1. The van der Waals surface area contributed by atoms with E-state index in [1.54, 1.807) is 12.0 Å². The van der Waals surface area contributed by atoms with Gasteiger partial charge in [0.15, 0.2) is 11.5 Å². The highest BCUT2D eigenvalue weighted by molar-refractivity contribution is 5.93. The highest BCUT2D eigenvalue weighted by atomic mass is 16.5. The summed E-state index contributed by atoms with van der Waals surface area (Å²) in [6, 6.07) is 5.87. The lowest BCUT2D eigenvalue weighted by atomic mass is 10.1. The normalized spacial score (nSPS) is 21.0. The Balaban J connectivity index is 1.66. The Morgan fingerprint density at radius 1 is 1.26 bits per heavy atom. The summed E-state index contributed by atoms with van der Waals surface area (Å²) >= 11 is 0. The van der Waals surface area contributed by atoms with Crippen molar-refractivity contribution in [3.63, 3.8) is 0 Å². The largest absolute Gasteiger partial charge is 0.493 e. The second-order valence-corrected chi connectivity index (χ2v) is 6.56. The van der Waals surface area contributed by atoms with Crippen LogP contribution in [0.2, 0.25) is 0 Å². The molecule has 0 spiro atoms. The molecular weight excluding hydrogens is 292 g/mol. The van der Waals surface area contributed by atoms with Crippen LogP contribution < -0.4 is 19.7 Å². The zero-order valence-electron chi connectivity index (χ0n) is 14.0. The molecule has 23 heavy (non-hydrogen) atoms. The van der Waals surface area contributed by atoms with Crippen LogP contribution in [-0.2, 0) is 0 Å². The molecule has 0 aromatic heterocycles. The zero-order valence-corrected chi connectivity index (χ0v) is 14.0. The quantitative estimate of drug-likeness (QED) is 0.782. The number of carbonyl (C=O) groups is 1. The van der Waals surface area contributed by atoms with Crippen molar-refractivity contribution in [3.8, 4) is 11.5 Å². The Hall–Kier alpha value is -1.91.